The summed E-state index contributed by atoms with van der Waals surface area (Å²) in [6.07, 6.45) is 14.0. The van der Waals surface area contributed by atoms with E-state index in [-0.39, 0.29) is 17.4 Å². The molecule has 4 nitrogen and oxygen atoms in total. The second kappa shape index (κ2) is 17.2. The Morgan fingerprint density at radius 2 is 1.62 bits per heavy atom. The van der Waals surface area contributed by atoms with Gasteiger partial charge in [0.05, 0.1) is 18.4 Å². The van der Waals surface area contributed by atoms with E-state index in [2.05, 4.69) is 125 Å². The molecule has 1 saturated heterocycles. The van der Waals surface area contributed by atoms with Crippen molar-refractivity contribution >= 4 is 24.8 Å². The van der Waals surface area contributed by atoms with Crippen molar-refractivity contribution in [3.8, 4) is 0 Å². The third-order valence-corrected chi connectivity index (χ3v) is 14.0. The van der Waals surface area contributed by atoms with Gasteiger partial charge in [-0.2, -0.15) is 0 Å². The number of aromatic nitrogens is 1. The van der Waals surface area contributed by atoms with Crippen molar-refractivity contribution in [2.45, 2.75) is 104 Å². The molecule has 0 radical (unpaired) electrons. The van der Waals surface area contributed by atoms with Crippen LogP contribution in [0.4, 0.5) is 0 Å². The Morgan fingerprint density at radius 1 is 0.956 bits per heavy atom. The Kier molecular flexibility index (Phi) is 13.4. The van der Waals surface area contributed by atoms with Crippen molar-refractivity contribution in [2.24, 2.45) is 5.92 Å². The van der Waals surface area contributed by atoms with Crippen LogP contribution in [0.2, 0.25) is 5.04 Å². The normalized spacial score (nSPS) is 18.0. The Hall–Kier alpha value is -2.83. The maximum atomic E-state index is 7.66. The Morgan fingerprint density at radius 3 is 2.20 bits per heavy atom. The summed E-state index contributed by atoms with van der Waals surface area (Å²) < 4.78 is 19.4. The maximum absolute atomic E-state index is 7.66. The van der Waals surface area contributed by atoms with E-state index in [0.717, 1.165) is 57.4 Å². The summed E-state index contributed by atoms with van der Waals surface area (Å²) in [5, 5.41) is 2.50. The third-order valence-electron chi connectivity index (χ3n) is 8.96. The molecule has 1 aliphatic rings. The van der Waals surface area contributed by atoms with Crippen LogP contribution in [0.3, 0.4) is 0 Å². The molecule has 1 fully saturated rings. The molecule has 0 saturated carbocycles. The van der Waals surface area contributed by atoms with E-state index in [0.29, 0.717) is 5.92 Å². The summed E-state index contributed by atoms with van der Waals surface area (Å²) in [4.78, 5) is 4.61. The Balaban J connectivity index is 1.55. The van der Waals surface area contributed by atoms with E-state index < -0.39 is 8.32 Å². The van der Waals surface area contributed by atoms with Gasteiger partial charge in [0.15, 0.2) is 6.29 Å². The molecule has 5 heteroatoms. The van der Waals surface area contributed by atoms with Gasteiger partial charge in [0.1, 0.15) is 0 Å². The zero-order valence-electron chi connectivity index (χ0n) is 28.5. The van der Waals surface area contributed by atoms with E-state index in [1.807, 2.05) is 18.3 Å². The highest BCUT2D eigenvalue weighted by atomic mass is 28.4. The summed E-state index contributed by atoms with van der Waals surface area (Å²) in [5.74, 6) is 0.526. The third kappa shape index (κ3) is 10.1. The van der Waals surface area contributed by atoms with Gasteiger partial charge < -0.3 is 13.9 Å². The van der Waals surface area contributed by atoms with E-state index in [9.17, 15) is 0 Å². The SMILES string of the molecule is CC(=CC[C@H](O[Si](c1ccccc1)(c1ccccc1)C(C)(C)C)C(C)=Cc1ccccn1)CCC[C@H](C)COC1CCCCO1. The van der Waals surface area contributed by atoms with Gasteiger partial charge in [-0.1, -0.05) is 106 Å². The van der Waals surface area contributed by atoms with Gasteiger partial charge in [-0.05, 0) is 104 Å². The number of nitrogens with zero attached hydrogens (tertiary/aromatic N) is 1. The quantitative estimate of drug-likeness (QED) is 0.125. The molecule has 1 aromatic heterocycles. The standard InChI is InChI=1S/C40H55NO3Si/c1-32(18-17-19-33(2)31-43-39-25-14-16-29-42-39)26-27-38(34(3)30-35-20-13-15-28-41-35)44-45(40(4,5)6,36-21-9-7-10-22-36)37-23-11-8-12-24-37/h7-13,15,20-24,26,28,30,33,38-39H,14,16-19,25,27,29,31H2,1-6H3/t33-,38-,39?/m0/s1. The summed E-state index contributed by atoms with van der Waals surface area (Å²) in [7, 11) is -2.74. The van der Waals surface area contributed by atoms with Crippen LogP contribution in [0.5, 0.6) is 0 Å². The number of pyridine rings is 1. The molecule has 1 aliphatic heterocycles. The fourth-order valence-corrected chi connectivity index (χ4v) is 11.1. The summed E-state index contributed by atoms with van der Waals surface area (Å²) >= 11 is 0. The lowest BCUT2D eigenvalue weighted by Gasteiger charge is -2.45. The number of ether oxygens (including phenoxy) is 2. The summed E-state index contributed by atoms with van der Waals surface area (Å²) in [5.41, 5.74) is 3.57. The van der Waals surface area contributed by atoms with E-state index >= 15 is 0 Å². The van der Waals surface area contributed by atoms with Crippen LogP contribution >= 0.6 is 0 Å². The van der Waals surface area contributed by atoms with Crippen molar-refractivity contribution in [3.63, 3.8) is 0 Å². The fraction of sp³-hybridized carbons (Fsp3) is 0.475. The molecule has 1 unspecified atom stereocenters. The number of allylic oxidation sites excluding steroid dienone is 1. The van der Waals surface area contributed by atoms with Gasteiger partial charge in [-0.25, -0.2) is 0 Å². The van der Waals surface area contributed by atoms with Gasteiger partial charge in [0.2, 0.25) is 0 Å². The minimum Gasteiger partial charge on any atom is -0.400 e. The zero-order valence-corrected chi connectivity index (χ0v) is 29.5. The highest BCUT2D eigenvalue weighted by Crippen LogP contribution is 2.39. The second-order valence-electron chi connectivity index (χ2n) is 13.8. The van der Waals surface area contributed by atoms with Crippen molar-refractivity contribution in [2.75, 3.05) is 13.2 Å². The topological polar surface area (TPSA) is 40.6 Å². The molecule has 0 bridgehead atoms. The van der Waals surface area contributed by atoms with Gasteiger partial charge >= 0.3 is 0 Å². The minimum absolute atomic E-state index is 0.00214. The van der Waals surface area contributed by atoms with Crippen LogP contribution in [0.25, 0.3) is 6.08 Å². The van der Waals surface area contributed by atoms with Crippen LogP contribution in [-0.4, -0.2) is 38.9 Å². The first-order valence-electron chi connectivity index (χ1n) is 17.0. The van der Waals surface area contributed by atoms with Crippen molar-refractivity contribution in [1.82, 2.24) is 4.98 Å². The van der Waals surface area contributed by atoms with Crippen LogP contribution in [0.1, 0.15) is 92.2 Å². The second-order valence-corrected chi connectivity index (χ2v) is 18.1. The average Bonchev–Trinajstić information content (AvgIpc) is 3.05. The van der Waals surface area contributed by atoms with Crippen LogP contribution in [0.15, 0.2) is 102 Å². The zero-order chi connectivity index (χ0) is 32.1. The molecule has 3 aromatic rings. The highest BCUT2D eigenvalue weighted by molar-refractivity contribution is 6.99. The molecule has 4 rings (SSSR count). The first-order chi connectivity index (χ1) is 21.7. The molecule has 2 aromatic carbocycles. The monoisotopic (exact) mass is 625 g/mol. The highest BCUT2D eigenvalue weighted by Gasteiger charge is 2.51. The van der Waals surface area contributed by atoms with Gasteiger partial charge in [-0.3, -0.25) is 4.98 Å². The molecule has 45 heavy (non-hydrogen) atoms. The molecule has 0 N–H and O–H groups in total. The molecular formula is C40H55NO3Si. The lowest BCUT2D eigenvalue weighted by atomic mass is 10.0. The maximum Gasteiger partial charge on any atom is 0.261 e. The van der Waals surface area contributed by atoms with Crippen molar-refractivity contribution < 1.29 is 13.9 Å². The molecule has 242 valence electrons. The molecule has 0 aliphatic carbocycles. The van der Waals surface area contributed by atoms with E-state index in [1.54, 1.807) is 0 Å². The number of hydrogen-bond donors (Lipinski definition) is 0. The largest absolute Gasteiger partial charge is 0.400 e. The van der Waals surface area contributed by atoms with E-state index in [1.165, 1.54) is 27.9 Å². The van der Waals surface area contributed by atoms with Crippen molar-refractivity contribution in [3.05, 3.63) is 108 Å². The summed E-state index contributed by atoms with van der Waals surface area (Å²) in [6.45, 7) is 15.4. The molecular weight excluding hydrogens is 571 g/mol. The Bertz CT molecular complexity index is 1290. The van der Waals surface area contributed by atoms with Crippen molar-refractivity contribution in [1.29, 1.82) is 0 Å². The number of rotatable bonds is 15. The lowest BCUT2D eigenvalue weighted by Crippen LogP contribution is -2.67. The predicted octanol–water partition coefficient (Wildman–Crippen LogP) is 9.12. The van der Waals surface area contributed by atoms with Gasteiger partial charge in [0.25, 0.3) is 8.32 Å². The number of hydrogen-bond acceptors (Lipinski definition) is 4. The van der Waals surface area contributed by atoms with Crippen LogP contribution < -0.4 is 10.4 Å². The average molecular weight is 626 g/mol. The van der Waals surface area contributed by atoms with Crippen LogP contribution in [-0.2, 0) is 13.9 Å². The summed E-state index contributed by atoms with van der Waals surface area (Å²) in [6, 6.07) is 28.0. The molecule has 0 spiro atoms. The molecule has 0 amide bonds. The van der Waals surface area contributed by atoms with Gasteiger partial charge in [0, 0.05) is 12.8 Å². The van der Waals surface area contributed by atoms with Gasteiger partial charge in [-0.15, -0.1) is 0 Å². The fourth-order valence-electron chi connectivity index (χ4n) is 6.36. The predicted molar refractivity (Wildman–Crippen MR) is 191 cm³/mol. The lowest BCUT2D eigenvalue weighted by molar-refractivity contribution is -0.168. The smallest absolute Gasteiger partial charge is 0.261 e. The van der Waals surface area contributed by atoms with Crippen LogP contribution in [0, 0.1) is 5.92 Å². The minimum atomic E-state index is -2.74. The Labute approximate surface area is 274 Å². The number of benzene rings is 2. The first-order valence-corrected chi connectivity index (χ1v) is 18.9. The molecule has 2 heterocycles. The first kappa shape index (κ1) is 35.0. The molecule has 3 atom stereocenters. The van der Waals surface area contributed by atoms with E-state index in [4.69, 9.17) is 13.9 Å².